The number of benzene rings is 2. The van der Waals surface area contributed by atoms with E-state index in [2.05, 4.69) is 5.10 Å². The van der Waals surface area contributed by atoms with Gasteiger partial charge >= 0.3 is 0 Å². The van der Waals surface area contributed by atoms with Crippen molar-refractivity contribution in [3.8, 4) is 16.9 Å². The number of aromatic nitrogens is 2. The first-order chi connectivity index (χ1) is 13.5. The van der Waals surface area contributed by atoms with Gasteiger partial charge in [-0.3, -0.25) is 4.79 Å². The van der Waals surface area contributed by atoms with Crippen LogP contribution in [0.1, 0.15) is 24.3 Å². The van der Waals surface area contributed by atoms with Crippen molar-refractivity contribution in [3.63, 3.8) is 0 Å². The number of hydrogen-bond acceptors (Lipinski definition) is 3. The number of hydrogen-bond donors (Lipinski definition) is 0. The van der Waals surface area contributed by atoms with Gasteiger partial charge in [0.1, 0.15) is 11.5 Å². The van der Waals surface area contributed by atoms with Crippen molar-refractivity contribution in [1.82, 2.24) is 14.7 Å². The third kappa shape index (κ3) is 3.68. The molecule has 0 saturated carbocycles. The van der Waals surface area contributed by atoms with Crippen LogP contribution in [0.4, 0.5) is 4.39 Å². The van der Waals surface area contributed by atoms with Gasteiger partial charge < -0.3 is 9.64 Å². The number of para-hydroxylation sites is 1. The van der Waals surface area contributed by atoms with Crippen LogP contribution < -0.4 is 0 Å². The Morgan fingerprint density at radius 1 is 1.04 bits per heavy atom. The molecule has 1 aliphatic heterocycles. The molecule has 1 fully saturated rings. The molecule has 1 aromatic heterocycles. The van der Waals surface area contributed by atoms with Gasteiger partial charge in [0.2, 0.25) is 0 Å². The molecule has 0 bridgehead atoms. The van der Waals surface area contributed by atoms with Crippen molar-refractivity contribution >= 4 is 5.91 Å². The molecule has 1 amide bonds. The molecule has 0 radical (unpaired) electrons. The topological polar surface area (TPSA) is 47.4 Å². The Morgan fingerprint density at radius 2 is 1.68 bits per heavy atom. The van der Waals surface area contributed by atoms with Crippen LogP contribution in [-0.4, -0.2) is 45.9 Å². The number of ether oxygens (including phenoxy) is 1. The first kappa shape index (κ1) is 18.4. The maximum absolute atomic E-state index is 13.3. The zero-order valence-electron chi connectivity index (χ0n) is 15.9. The van der Waals surface area contributed by atoms with E-state index in [0.717, 1.165) is 11.3 Å². The molecule has 0 N–H and O–H groups in total. The van der Waals surface area contributed by atoms with E-state index in [1.807, 2.05) is 49.1 Å². The van der Waals surface area contributed by atoms with E-state index in [1.54, 1.807) is 22.9 Å². The van der Waals surface area contributed by atoms with Gasteiger partial charge in [-0.05, 0) is 56.3 Å². The molecule has 0 aliphatic carbocycles. The minimum absolute atomic E-state index is 0.0163. The van der Waals surface area contributed by atoms with E-state index in [9.17, 15) is 9.18 Å². The van der Waals surface area contributed by atoms with E-state index in [4.69, 9.17) is 4.74 Å². The molecular weight excluding hydrogens is 357 g/mol. The second-order valence-electron chi connectivity index (χ2n) is 7.14. The molecule has 3 aromatic rings. The molecule has 4 rings (SSSR count). The van der Waals surface area contributed by atoms with Crippen molar-refractivity contribution in [2.24, 2.45) is 0 Å². The molecule has 6 heteroatoms. The lowest BCUT2D eigenvalue weighted by Gasteiger charge is -2.35. The minimum Gasteiger partial charge on any atom is -0.372 e. The van der Waals surface area contributed by atoms with Crippen molar-refractivity contribution < 1.29 is 13.9 Å². The zero-order valence-corrected chi connectivity index (χ0v) is 15.9. The third-order valence-corrected chi connectivity index (χ3v) is 4.78. The monoisotopic (exact) mass is 379 g/mol. The highest BCUT2D eigenvalue weighted by molar-refractivity contribution is 5.94. The van der Waals surface area contributed by atoms with Crippen molar-refractivity contribution in [3.05, 3.63) is 72.2 Å². The van der Waals surface area contributed by atoms with Gasteiger partial charge in [0.25, 0.3) is 5.91 Å². The lowest BCUT2D eigenvalue weighted by molar-refractivity contribution is -0.0588. The van der Waals surface area contributed by atoms with Crippen LogP contribution in [0.15, 0.2) is 60.7 Å². The molecule has 2 aromatic carbocycles. The molecule has 1 saturated heterocycles. The highest BCUT2D eigenvalue weighted by Gasteiger charge is 2.29. The van der Waals surface area contributed by atoms with Crippen molar-refractivity contribution in [2.75, 3.05) is 13.1 Å². The Bertz CT molecular complexity index is 959. The summed E-state index contributed by atoms with van der Waals surface area (Å²) < 4.78 is 20.7. The summed E-state index contributed by atoms with van der Waals surface area (Å²) in [6.07, 6.45) is -0.0327. The summed E-state index contributed by atoms with van der Waals surface area (Å²) >= 11 is 0. The second kappa shape index (κ2) is 7.56. The van der Waals surface area contributed by atoms with Gasteiger partial charge in [0, 0.05) is 18.7 Å². The third-order valence-electron chi connectivity index (χ3n) is 4.78. The number of morpholine rings is 1. The Balaban J connectivity index is 1.76. The SMILES string of the molecule is C[C@@H]1CN(C(=O)c2cc(-c3ccc(F)cc3)nn2-c2ccccc2)C[C@@H](C)O1. The van der Waals surface area contributed by atoms with Gasteiger partial charge in [0.05, 0.1) is 23.6 Å². The largest absolute Gasteiger partial charge is 0.372 e. The fourth-order valence-corrected chi connectivity index (χ4v) is 3.57. The Hall–Kier alpha value is -2.99. The zero-order chi connectivity index (χ0) is 19.7. The Labute approximate surface area is 163 Å². The molecular formula is C22H22FN3O2. The summed E-state index contributed by atoms with van der Waals surface area (Å²) in [5.41, 5.74) is 2.66. The quantitative estimate of drug-likeness (QED) is 0.693. The number of carbonyl (C=O) groups is 1. The standard InChI is InChI=1S/C22H22FN3O2/c1-15-13-25(14-16(2)28-15)22(27)21-12-20(17-8-10-18(23)11-9-17)24-26(21)19-6-4-3-5-7-19/h3-12,15-16H,13-14H2,1-2H3/t15-,16-/m1/s1. The fourth-order valence-electron chi connectivity index (χ4n) is 3.57. The van der Waals surface area contributed by atoms with E-state index < -0.39 is 0 Å². The molecule has 2 atom stereocenters. The molecule has 0 spiro atoms. The second-order valence-corrected chi connectivity index (χ2v) is 7.14. The number of halogens is 1. The van der Waals surface area contributed by atoms with Crippen LogP contribution in [0.5, 0.6) is 0 Å². The average molecular weight is 379 g/mol. The Morgan fingerprint density at radius 3 is 2.32 bits per heavy atom. The van der Waals surface area contributed by atoms with Crippen LogP contribution >= 0.6 is 0 Å². The molecule has 2 heterocycles. The summed E-state index contributed by atoms with van der Waals surface area (Å²) in [6, 6.07) is 17.4. The highest BCUT2D eigenvalue weighted by atomic mass is 19.1. The minimum atomic E-state index is -0.307. The summed E-state index contributed by atoms with van der Waals surface area (Å²) in [7, 11) is 0. The van der Waals surface area contributed by atoms with E-state index in [1.165, 1.54) is 12.1 Å². The Kier molecular flexibility index (Phi) is 4.96. The number of amides is 1. The van der Waals surface area contributed by atoms with Crippen LogP contribution in [-0.2, 0) is 4.74 Å². The summed E-state index contributed by atoms with van der Waals surface area (Å²) in [5.74, 6) is -0.398. The normalized spacial score (nSPS) is 19.6. The van der Waals surface area contributed by atoms with Crippen molar-refractivity contribution in [2.45, 2.75) is 26.1 Å². The lowest BCUT2D eigenvalue weighted by Crippen LogP contribution is -2.48. The van der Waals surface area contributed by atoms with Crippen LogP contribution in [0.25, 0.3) is 16.9 Å². The maximum Gasteiger partial charge on any atom is 0.272 e. The van der Waals surface area contributed by atoms with Gasteiger partial charge in [-0.15, -0.1) is 0 Å². The molecule has 1 aliphatic rings. The maximum atomic E-state index is 13.3. The first-order valence-electron chi connectivity index (χ1n) is 9.37. The van der Waals surface area contributed by atoms with Crippen LogP contribution in [0.3, 0.4) is 0 Å². The number of carbonyl (C=O) groups excluding carboxylic acids is 1. The van der Waals surface area contributed by atoms with Crippen LogP contribution in [0.2, 0.25) is 0 Å². The molecule has 144 valence electrons. The molecule has 5 nitrogen and oxygen atoms in total. The summed E-state index contributed by atoms with van der Waals surface area (Å²) in [5, 5.41) is 4.65. The predicted octanol–water partition coefficient (Wildman–Crippen LogP) is 3.93. The van der Waals surface area contributed by atoms with Gasteiger partial charge in [-0.25, -0.2) is 9.07 Å². The average Bonchev–Trinajstić information content (AvgIpc) is 3.13. The van der Waals surface area contributed by atoms with Gasteiger partial charge in [-0.2, -0.15) is 5.10 Å². The van der Waals surface area contributed by atoms with Crippen molar-refractivity contribution in [1.29, 1.82) is 0 Å². The first-order valence-corrected chi connectivity index (χ1v) is 9.37. The van der Waals surface area contributed by atoms with E-state index in [-0.39, 0.29) is 23.9 Å². The fraction of sp³-hybridized carbons (Fsp3) is 0.273. The van der Waals surface area contributed by atoms with Gasteiger partial charge in [0.15, 0.2) is 0 Å². The van der Waals surface area contributed by atoms with E-state index >= 15 is 0 Å². The van der Waals surface area contributed by atoms with E-state index in [0.29, 0.717) is 24.5 Å². The predicted molar refractivity (Wildman–Crippen MR) is 105 cm³/mol. The van der Waals surface area contributed by atoms with Gasteiger partial charge in [-0.1, -0.05) is 18.2 Å². The molecule has 28 heavy (non-hydrogen) atoms. The summed E-state index contributed by atoms with van der Waals surface area (Å²) in [6.45, 7) is 5.01. The number of rotatable bonds is 3. The smallest absolute Gasteiger partial charge is 0.272 e. The summed E-state index contributed by atoms with van der Waals surface area (Å²) in [4.78, 5) is 15.1. The van der Waals surface area contributed by atoms with Crippen LogP contribution in [0, 0.1) is 5.82 Å². The lowest BCUT2D eigenvalue weighted by atomic mass is 10.1. The molecule has 0 unspecified atom stereocenters. The highest BCUT2D eigenvalue weighted by Crippen LogP contribution is 2.24. The number of nitrogens with zero attached hydrogens (tertiary/aromatic N) is 3.